The molecule has 0 aliphatic carbocycles. The molecule has 21 heavy (non-hydrogen) atoms. The maximum atomic E-state index is 12.6. The molecule has 1 aliphatic rings. The maximum absolute atomic E-state index is 12.6. The molecule has 2 N–H and O–H groups in total. The van der Waals surface area contributed by atoms with Crippen molar-refractivity contribution in [3.8, 4) is 0 Å². The van der Waals surface area contributed by atoms with Crippen molar-refractivity contribution in [2.75, 3.05) is 13.1 Å². The van der Waals surface area contributed by atoms with Crippen LogP contribution in [0.2, 0.25) is 0 Å². The maximum Gasteiger partial charge on any atom is 0.325 e. The molecule has 1 aromatic rings. The normalized spacial score (nSPS) is 21.4. The van der Waals surface area contributed by atoms with Gasteiger partial charge in [-0.05, 0) is 19.9 Å². The van der Waals surface area contributed by atoms with Crippen LogP contribution in [0.3, 0.4) is 0 Å². The zero-order chi connectivity index (χ0) is 15.6. The highest BCUT2D eigenvalue weighted by atomic mass is 79.9. The number of likely N-dealkylation sites (N-methyl/N-ethyl adjacent to an activating group) is 1. The summed E-state index contributed by atoms with van der Waals surface area (Å²) in [6.45, 7) is 3.57. The molecule has 2 rings (SSSR count). The minimum atomic E-state index is -1.18. The Labute approximate surface area is 131 Å². The zero-order valence-corrected chi connectivity index (χ0v) is 13.4. The number of urea groups is 1. The number of carbonyl (C=O) groups is 3. The van der Waals surface area contributed by atoms with Gasteiger partial charge in [0.1, 0.15) is 12.1 Å². The van der Waals surface area contributed by atoms with E-state index >= 15 is 0 Å². The third-order valence-corrected chi connectivity index (χ3v) is 4.05. The standard InChI is InChI=1S/C14H16BrN3O3/c1-3-16-11(19)8-18-12(20)14(2,17-13(18)21)9-6-4-5-7-10(9)15/h4-7H,3,8H2,1-2H3,(H,16,19)(H,17,21)/t14-/m1/s1. The van der Waals surface area contributed by atoms with E-state index in [1.54, 1.807) is 32.0 Å². The molecular weight excluding hydrogens is 338 g/mol. The number of rotatable bonds is 4. The molecule has 1 aliphatic heterocycles. The third-order valence-electron chi connectivity index (χ3n) is 3.36. The van der Waals surface area contributed by atoms with E-state index in [2.05, 4.69) is 26.6 Å². The summed E-state index contributed by atoms with van der Waals surface area (Å²) >= 11 is 3.38. The molecule has 0 spiro atoms. The van der Waals surface area contributed by atoms with Crippen molar-refractivity contribution >= 4 is 33.8 Å². The Morgan fingerprint density at radius 3 is 2.67 bits per heavy atom. The molecule has 0 saturated carbocycles. The fourth-order valence-corrected chi connectivity index (χ4v) is 2.97. The number of halogens is 1. The van der Waals surface area contributed by atoms with Crippen LogP contribution < -0.4 is 10.6 Å². The molecule has 0 bridgehead atoms. The van der Waals surface area contributed by atoms with Gasteiger partial charge in [0.2, 0.25) is 5.91 Å². The SMILES string of the molecule is CCNC(=O)CN1C(=O)N[C@](C)(c2ccccc2Br)C1=O. The highest BCUT2D eigenvalue weighted by Crippen LogP contribution is 2.33. The van der Waals surface area contributed by atoms with E-state index in [0.717, 1.165) is 9.37 Å². The number of nitrogens with one attached hydrogen (secondary N) is 2. The van der Waals surface area contributed by atoms with E-state index in [9.17, 15) is 14.4 Å². The molecule has 112 valence electrons. The third kappa shape index (κ3) is 2.78. The molecule has 0 aromatic heterocycles. The van der Waals surface area contributed by atoms with Crippen molar-refractivity contribution in [1.82, 2.24) is 15.5 Å². The predicted octanol–water partition coefficient (Wildman–Crippen LogP) is 1.35. The highest BCUT2D eigenvalue weighted by molar-refractivity contribution is 9.10. The van der Waals surface area contributed by atoms with E-state index in [1.807, 2.05) is 6.07 Å². The van der Waals surface area contributed by atoms with Crippen LogP contribution in [0.25, 0.3) is 0 Å². The van der Waals surface area contributed by atoms with Crippen LogP contribution in [-0.2, 0) is 15.1 Å². The second kappa shape index (κ2) is 5.85. The molecular formula is C14H16BrN3O3. The van der Waals surface area contributed by atoms with Crippen molar-refractivity contribution in [2.45, 2.75) is 19.4 Å². The van der Waals surface area contributed by atoms with Crippen molar-refractivity contribution in [2.24, 2.45) is 0 Å². The number of imide groups is 1. The van der Waals surface area contributed by atoms with Crippen LogP contribution >= 0.6 is 15.9 Å². The van der Waals surface area contributed by atoms with Crippen LogP contribution in [0.15, 0.2) is 28.7 Å². The van der Waals surface area contributed by atoms with Crippen molar-refractivity contribution < 1.29 is 14.4 Å². The van der Waals surface area contributed by atoms with Crippen LogP contribution in [0.4, 0.5) is 4.79 Å². The summed E-state index contributed by atoms with van der Waals surface area (Å²) < 4.78 is 0.723. The Morgan fingerprint density at radius 2 is 2.05 bits per heavy atom. The van der Waals surface area contributed by atoms with Crippen LogP contribution in [-0.4, -0.2) is 35.8 Å². The number of nitrogens with zero attached hydrogens (tertiary/aromatic N) is 1. The van der Waals surface area contributed by atoms with Gasteiger partial charge in [0, 0.05) is 16.6 Å². The first-order chi connectivity index (χ1) is 9.90. The van der Waals surface area contributed by atoms with Gasteiger partial charge in [-0.1, -0.05) is 34.1 Å². The minimum Gasteiger partial charge on any atom is -0.355 e. The monoisotopic (exact) mass is 353 g/mol. The summed E-state index contributed by atoms with van der Waals surface area (Å²) in [6, 6.07) is 6.61. The van der Waals surface area contributed by atoms with Crippen molar-refractivity contribution in [3.63, 3.8) is 0 Å². The molecule has 0 radical (unpaired) electrons. The average Bonchev–Trinajstić information content (AvgIpc) is 2.64. The lowest BCUT2D eigenvalue weighted by Gasteiger charge is -2.23. The lowest BCUT2D eigenvalue weighted by Crippen LogP contribution is -2.43. The lowest BCUT2D eigenvalue weighted by molar-refractivity contribution is -0.134. The average molecular weight is 354 g/mol. The minimum absolute atomic E-state index is 0.279. The molecule has 1 saturated heterocycles. The van der Waals surface area contributed by atoms with Crippen LogP contribution in [0.1, 0.15) is 19.4 Å². The quantitative estimate of drug-likeness (QED) is 0.802. The predicted molar refractivity (Wildman–Crippen MR) is 80.4 cm³/mol. The number of carbonyl (C=O) groups excluding carboxylic acids is 3. The van der Waals surface area contributed by atoms with E-state index in [0.29, 0.717) is 12.1 Å². The van der Waals surface area contributed by atoms with Crippen molar-refractivity contribution in [3.05, 3.63) is 34.3 Å². The number of amides is 4. The summed E-state index contributed by atoms with van der Waals surface area (Å²) in [4.78, 5) is 37.1. The summed E-state index contributed by atoms with van der Waals surface area (Å²) in [6.07, 6.45) is 0. The Balaban J connectivity index is 2.29. The van der Waals surface area contributed by atoms with Gasteiger partial charge in [-0.3, -0.25) is 14.5 Å². The Bertz CT molecular complexity index is 605. The Hall–Kier alpha value is -1.89. The first kappa shape index (κ1) is 15.5. The Morgan fingerprint density at radius 1 is 1.38 bits per heavy atom. The second-order valence-corrected chi connectivity index (χ2v) is 5.73. The molecule has 6 nitrogen and oxygen atoms in total. The van der Waals surface area contributed by atoms with E-state index in [4.69, 9.17) is 0 Å². The summed E-state index contributed by atoms with van der Waals surface area (Å²) in [5.41, 5.74) is -0.523. The van der Waals surface area contributed by atoms with Gasteiger partial charge in [0.15, 0.2) is 0 Å². The molecule has 0 unspecified atom stereocenters. The first-order valence-electron chi connectivity index (χ1n) is 6.56. The molecule has 1 atom stereocenters. The smallest absolute Gasteiger partial charge is 0.325 e. The van der Waals surface area contributed by atoms with E-state index in [1.165, 1.54) is 0 Å². The fraction of sp³-hybridized carbons (Fsp3) is 0.357. The number of hydrogen-bond acceptors (Lipinski definition) is 3. The topological polar surface area (TPSA) is 78.5 Å². The fourth-order valence-electron chi connectivity index (χ4n) is 2.29. The molecule has 1 heterocycles. The second-order valence-electron chi connectivity index (χ2n) is 4.88. The van der Waals surface area contributed by atoms with Gasteiger partial charge >= 0.3 is 6.03 Å². The van der Waals surface area contributed by atoms with Gasteiger partial charge in [-0.25, -0.2) is 4.79 Å². The summed E-state index contributed by atoms with van der Waals surface area (Å²) in [7, 11) is 0. The Kier molecular flexibility index (Phi) is 4.32. The zero-order valence-electron chi connectivity index (χ0n) is 11.8. The largest absolute Gasteiger partial charge is 0.355 e. The van der Waals surface area contributed by atoms with E-state index < -0.39 is 17.5 Å². The summed E-state index contributed by atoms with van der Waals surface area (Å²) in [5.74, 6) is -0.803. The number of benzene rings is 1. The van der Waals surface area contributed by atoms with Gasteiger partial charge in [-0.15, -0.1) is 0 Å². The van der Waals surface area contributed by atoms with E-state index in [-0.39, 0.29) is 12.5 Å². The number of hydrogen-bond donors (Lipinski definition) is 2. The van der Waals surface area contributed by atoms with Gasteiger partial charge < -0.3 is 10.6 Å². The van der Waals surface area contributed by atoms with Gasteiger partial charge in [0.05, 0.1) is 0 Å². The molecule has 7 heteroatoms. The van der Waals surface area contributed by atoms with Crippen molar-refractivity contribution in [1.29, 1.82) is 0 Å². The van der Waals surface area contributed by atoms with Crippen LogP contribution in [0.5, 0.6) is 0 Å². The molecule has 1 aromatic carbocycles. The van der Waals surface area contributed by atoms with Gasteiger partial charge in [-0.2, -0.15) is 0 Å². The van der Waals surface area contributed by atoms with Crippen LogP contribution in [0, 0.1) is 0 Å². The summed E-state index contributed by atoms with van der Waals surface area (Å²) in [5, 5.41) is 5.23. The highest BCUT2D eigenvalue weighted by Gasteiger charge is 2.50. The lowest BCUT2D eigenvalue weighted by atomic mass is 9.92. The first-order valence-corrected chi connectivity index (χ1v) is 7.35. The van der Waals surface area contributed by atoms with Gasteiger partial charge in [0.25, 0.3) is 5.91 Å². The molecule has 4 amide bonds. The molecule has 1 fully saturated rings.